The molecule has 0 fully saturated rings. The molecule has 0 N–H and O–H groups in total. The smallest absolute Gasteiger partial charge is 0.564 e. The summed E-state index contributed by atoms with van der Waals surface area (Å²) in [6.45, 7) is 4.68. The van der Waals surface area contributed by atoms with Crippen LogP contribution in [0.5, 0.6) is 0 Å². The van der Waals surface area contributed by atoms with Gasteiger partial charge in [-0.25, -0.2) is 0 Å². The molecule has 0 unspecified atom stereocenters. The summed E-state index contributed by atoms with van der Waals surface area (Å²) in [5, 5.41) is 0. The molecule has 0 atom stereocenters. The fraction of sp³-hybridized carbons (Fsp3) is 0.571. The number of ether oxygens (including phenoxy) is 1. The van der Waals surface area contributed by atoms with Gasteiger partial charge in [0.05, 0.1) is 32.6 Å². The monoisotopic (exact) mass is 175 g/mol. The van der Waals surface area contributed by atoms with Gasteiger partial charge >= 0.3 is 6.67 Å². The van der Waals surface area contributed by atoms with E-state index >= 15 is 0 Å². The van der Waals surface area contributed by atoms with Crippen LogP contribution in [0.2, 0.25) is 0 Å². The lowest BCUT2D eigenvalue weighted by Gasteiger charge is -1.99. The van der Waals surface area contributed by atoms with Gasteiger partial charge < -0.3 is 17.1 Å². The molecule has 1 radical (unpaired) electrons. The minimum absolute atomic E-state index is 0. The molecular formula is C7H12ClN2O. The van der Waals surface area contributed by atoms with Gasteiger partial charge in [-0.2, -0.15) is 0 Å². The molecule has 0 amide bonds. The molecule has 0 bridgehead atoms. The maximum absolute atomic E-state index is 4.90. The van der Waals surface area contributed by atoms with Crippen molar-refractivity contribution in [3.63, 3.8) is 0 Å². The maximum Gasteiger partial charge on any atom is 0.564 e. The van der Waals surface area contributed by atoms with Crippen LogP contribution in [-0.2, 0) is 4.74 Å². The minimum Gasteiger partial charge on any atom is -1.00 e. The first-order valence-electron chi connectivity index (χ1n) is 3.26. The second-order valence-corrected chi connectivity index (χ2v) is 2.20. The average molecular weight is 176 g/mol. The Morgan fingerprint density at radius 1 is 1.45 bits per heavy atom. The Hall–Kier alpha value is -0.540. The normalized spacial score (nSPS) is 14.7. The van der Waals surface area contributed by atoms with Crippen LogP contribution in [0.3, 0.4) is 0 Å². The maximum atomic E-state index is 4.90. The Morgan fingerprint density at radius 2 is 2.18 bits per heavy atom. The third-order valence-corrected chi connectivity index (χ3v) is 1.29. The van der Waals surface area contributed by atoms with Gasteiger partial charge in [0, 0.05) is 7.11 Å². The fourth-order valence-electron chi connectivity index (χ4n) is 0.764. The van der Waals surface area contributed by atoms with Crippen molar-refractivity contribution in [3.8, 4) is 0 Å². The van der Waals surface area contributed by atoms with Gasteiger partial charge in [0.25, 0.3) is 0 Å². The van der Waals surface area contributed by atoms with Crippen LogP contribution >= 0.6 is 0 Å². The van der Waals surface area contributed by atoms with Crippen LogP contribution < -0.4 is 12.4 Å². The summed E-state index contributed by atoms with van der Waals surface area (Å²) in [7, 11) is 3.65. The minimum atomic E-state index is 0. The van der Waals surface area contributed by atoms with Gasteiger partial charge in [0.15, 0.2) is 0 Å². The van der Waals surface area contributed by atoms with Gasteiger partial charge in [-0.1, -0.05) is 0 Å². The number of halogens is 1. The standard InChI is InChI=1S/C7H12N2O.ClH/c1-8-3-4-9(7-8)5-6-10-2;/h3-4H,5-6H2,1-2H3;1H/q+1;/p-1. The highest BCUT2D eigenvalue weighted by Crippen LogP contribution is 2.06. The van der Waals surface area contributed by atoms with E-state index in [0.29, 0.717) is 0 Å². The van der Waals surface area contributed by atoms with Gasteiger partial charge in [0.1, 0.15) is 0 Å². The average Bonchev–Trinajstić information content (AvgIpc) is 2.31. The first-order chi connectivity index (χ1) is 4.83. The molecule has 4 heteroatoms. The van der Waals surface area contributed by atoms with E-state index in [1.54, 1.807) is 7.11 Å². The molecule has 1 rings (SSSR count). The number of hydrogen-bond donors (Lipinski definition) is 0. The highest BCUT2D eigenvalue weighted by atomic mass is 35.5. The molecule has 1 aliphatic rings. The van der Waals surface area contributed by atoms with Crippen LogP contribution in [0.1, 0.15) is 0 Å². The van der Waals surface area contributed by atoms with Crippen molar-refractivity contribution < 1.29 is 17.1 Å². The predicted molar refractivity (Wildman–Crippen MR) is 38.7 cm³/mol. The van der Waals surface area contributed by atoms with Crippen molar-refractivity contribution in [2.75, 3.05) is 27.3 Å². The Morgan fingerprint density at radius 3 is 2.64 bits per heavy atom. The summed E-state index contributed by atoms with van der Waals surface area (Å²) in [6.07, 6.45) is 3.93. The van der Waals surface area contributed by atoms with Crippen LogP contribution in [-0.4, -0.2) is 37.1 Å². The SMILES string of the molecule is COCCN1[C+]N(C)C=C1.[Cl-]. The lowest BCUT2D eigenvalue weighted by atomic mass is 10.6. The summed E-state index contributed by atoms with van der Waals surface area (Å²) in [5.41, 5.74) is 0. The molecule has 0 aromatic heterocycles. The van der Waals surface area contributed by atoms with E-state index in [4.69, 9.17) is 4.74 Å². The Kier molecular flexibility index (Phi) is 4.90. The molecule has 11 heavy (non-hydrogen) atoms. The number of nitrogens with zero attached hydrogens (tertiary/aromatic N) is 2. The molecule has 1 aliphatic heterocycles. The molecule has 0 saturated heterocycles. The van der Waals surface area contributed by atoms with Gasteiger partial charge in [-0.3, -0.25) is 0 Å². The molecule has 1 heterocycles. The Labute approximate surface area is 74.0 Å². The quantitative estimate of drug-likeness (QED) is 0.436. The number of rotatable bonds is 3. The second-order valence-electron chi connectivity index (χ2n) is 2.20. The van der Waals surface area contributed by atoms with Crippen LogP contribution in [0.4, 0.5) is 0 Å². The number of methoxy groups -OCH3 is 1. The van der Waals surface area contributed by atoms with E-state index in [2.05, 4.69) is 6.67 Å². The summed E-state index contributed by atoms with van der Waals surface area (Å²) in [6, 6.07) is 0. The molecule has 0 spiro atoms. The molecule has 0 aliphatic carbocycles. The van der Waals surface area contributed by atoms with Crippen molar-refractivity contribution in [2.24, 2.45) is 0 Å². The van der Waals surface area contributed by atoms with Crippen molar-refractivity contribution in [3.05, 3.63) is 19.1 Å². The highest BCUT2D eigenvalue weighted by molar-refractivity contribution is 4.94. The first-order valence-corrected chi connectivity index (χ1v) is 3.26. The summed E-state index contributed by atoms with van der Waals surface area (Å²) in [4.78, 5) is 3.85. The van der Waals surface area contributed by atoms with E-state index in [9.17, 15) is 0 Å². The molecule has 0 aromatic rings. The van der Waals surface area contributed by atoms with E-state index in [-0.39, 0.29) is 12.4 Å². The first kappa shape index (κ1) is 10.5. The molecular weight excluding hydrogens is 164 g/mol. The molecule has 3 nitrogen and oxygen atoms in total. The lowest BCUT2D eigenvalue weighted by Crippen LogP contribution is -3.00. The van der Waals surface area contributed by atoms with Crippen molar-refractivity contribution in [2.45, 2.75) is 0 Å². The van der Waals surface area contributed by atoms with Crippen molar-refractivity contribution in [1.29, 1.82) is 0 Å². The van der Waals surface area contributed by atoms with Crippen molar-refractivity contribution in [1.82, 2.24) is 9.80 Å². The van der Waals surface area contributed by atoms with Gasteiger partial charge in [-0.15, -0.1) is 9.80 Å². The van der Waals surface area contributed by atoms with Crippen LogP contribution in [0, 0.1) is 6.67 Å². The van der Waals surface area contributed by atoms with E-state index < -0.39 is 0 Å². The van der Waals surface area contributed by atoms with Crippen LogP contribution in [0.25, 0.3) is 0 Å². The fourth-order valence-corrected chi connectivity index (χ4v) is 0.764. The van der Waals surface area contributed by atoms with E-state index in [1.165, 1.54) is 0 Å². The largest absolute Gasteiger partial charge is 1.00 e. The van der Waals surface area contributed by atoms with E-state index in [1.807, 2.05) is 29.2 Å². The zero-order valence-electron chi connectivity index (χ0n) is 6.75. The van der Waals surface area contributed by atoms with E-state index in [0.717, 1.165) is 13.2 Å². The summed E-state index contributed by atoms with van der Waals surface area (Å²) < 4.78 is 4.90. The third kappa shape index (κ3) is 3.39. The second kappa shape index (κ2) is 5.16. The molecule has 0 aromatic carbocycles. The zero-order chi connectivity index (χ0) is 7.40. The topological polar surface area (TPSA) is 15.7 Å². The van der Waals surface area contributed by atoms with Crippen molar-refractivity contribution >= 4 is 0 Å². The highest BCUT2D eigenvalue weighted by Gasteiger charge is 2.26. The molecule has 63 valence electrons. The third-order valence-electron chi connectivity index (χ3n) is 1.29. The number of hydrogen-bond acceptors (Lipinski definition) is 3. The lowest BCUT2D eigenvalue weighted by molar-refractivity contribution is -0.00000250. The van der Waals surface area contributed by atoms with Gasteiger partial charge in [0.2, 0.25) is 0 Å². The summed E-state index contributed by atoms with van der Waals surface area (Å²) >= 11 is 0. The van der Waals surface area contributed by atoms with Crippen LogP contribution in [0.15, 0.2) is 12.4 Å². The zero-order valence-corrected chi connectivity index (χ0v) is 7.51. The Bertz CT molecular complexity index is 130. The molecule has 0 saturated carbocycles. The predicted octanol–water partition coefficient (Wildman–Crippen LogP) is -2.65. The van der Waals surface area contributed by atoms with Gasteiger partial charge in [-0.05, 0) is 0 Å². The Balaban J connectivity index is 0.000001000. The summed E-state index contributed by atoms with van der Waals surface area (Å²) in [5.74, 6) is 0.